The van der Waals surface area contributed by atoms with E-state index in [1.807, 2.05) is 54.6 Å². The summed E-state index contributed by atoms with van der Waals surface area (Å²) in [6.07, 6.45) is 0.572. The summed E-state index contributed by atoms with van der Waals surface area (Å²) in [6, 6.07) is 17.1. The number of Topliss-reactive ketones (excluding diaryl/α,β-unsaturated/α-hetero) is 1. The van der Waals surface area contributed by atoms with Crippen LogP contribution in [0.4, 0.5) is 0 Å². The van der Waals surface area contributed by atoms with E-state index in [0.717, 1.165) is 49.8 Å². The first kappa shape index (κ1) is 22.5. The van der Waals surface area contributed by atoms with Gasteiger partial charge in [0.25, 0.3) is 0 Å². The Bertz CT molecular complexity index is 657. The fourth-order valence-electron chi connectivity index (χ4n) is 2.81. The third kappa shape index (κ3) is 6.61. The molecule has 1 aliphatic rings. The molecule has 0 N–H and O–H groups in total. The maximum absolute atomic E-state index is 12.3. The van der Waals surface area contributed by atoms with Gasteiger partial charge in [-0.3, -0.25) is 4.79 Å². The smallest absolute Gasteiger partial charge is 0.164 e. The highest BCUT2D eigenvalue weighted by Crippen LogP contribution is 2.21. The van der Waals surface area contributed by atoms with Crippen LogP contribution in [0, 0.1) is 0 Å². The van der Waals surface area contributed by atoms with Crippen molar-refractivity contribution >= 4 is 30.6 Å². The van der Waals surface area contributed by atoms with E-state index in [-0.39, 0.29) is 30.6 Å². The number of ether oxygens (including phenoxy) is 1. The van der Waals surface area contributed by atoms with E-state index in [1.165, 1.54) is 0 Å². The summed E-state index contributed by atoms with van der Waals surface area (Å²) in [6.45, 7) is 5.11. The molecule has 2 aromatic rings. The number of benzene rings is 2. The molecule has 0 bridgehead atoms. The lowest BCUT2D eigenvalue weighted by Gasteiger charge is -2.32. The summed E-state index contributed by atoms with van der Waals surface area (Å²) in [5, 5.41) is 0. The van der Waals surface area contributed by atoms with Gasteiger partial charge in [0.15, 0.2) is 5.78 Å². The molecule has 1 fully saturated rings. The highest BCUT2D eigenvalue weighted by atomic mass is 35.5. The van der Waals surface area contributed by atoms with Crippen molar-refractivity contribution < 1.29 is 9.53 Å². The van der Waals surface area contributed by atoms with Crippen molar-refractivity contribution in [2.45, 2.75) is 6.42 Å². The minimum absolute atomic E-state index is 0. The molecule has 0 aliphatic carbocycles. The second kappa shape index (κ2) is 11.2. The van der Waals surface area contributed by atoms with Gasteiger partial charge in [-0.05, 0) is 43.4 Å². The number of rotatable bonds is 6. The van der Waals surface area contributed by atoms with Gasteiger partial charge in [0.2, 0.25) is 0 Å². The van der Waals surface area contributed by atoms with Crippen molar-refractivity contribution in [3.8, 4) is 11.5 Å². The van der Waals surface area contributed by atoms with E-state index < -0.39 is 0 Å². The van der Waals surface area contributed by atoms with Gasteiger partial charge in [-0.2, -0.15) is 0 Å². The largest absolute Gasteiger partial charge is 0.457 e. The molecule has 0 radical (unpaired) electrons. The van der Waals surface area contributed by atoms with Gasteiger partial charge >= 0.3 is 0 Å². The Labute approximate surface area is 168 Å². The molecule has 4 nitrogen and oxygen atoms in total. The topological polar surface area (TPSA) is 32.8 Å². The lowest BCUT2D eigenvalue weighted by Crippen LogP contribution is -2.45. The fraction of sp³-hybridized carbons (Fsp3) is 0.350. The molecule has 1 saturated heterocycles. The number of halogens is 2. The summed E-state index contributed by atoms with van der Waals surface area (Å²) in [4.78, 5) is 17.0. The maximum atomic E-state index is 12.3. The average Bonchev–Trinajstić information content (AvgIpc) is 2.62. The Kier molecular flexibility index (Phi) is 9.66. The second-order valence-corrected chi connectivity index (χ2v) is 6.26. The van der Waals surface area contributed by atoms with Crippen molar-refractivity contribution in [3.63, 3.8) is 0 Å². The van der Waals surface area contributed by atoms with Crippen molar-refractivity contribution in [1.82, 2.24) is 9.80 Å². The minimum atomic E-state index is 0. The first-order valence-electron chi connectivity index (χ1n) is 8.48. The molecular weight excluding hydrogens is 371 g/mol. The molecule has 0 aromatic heterocycles. The Morgan fingerprint density at radius 2 is 1.46 bits per heavy atom. The zero-order valence-corrected chi connectivity index (χ0v) is 16.6. The van der Waals surface area contributed by atoms with Crippen LogP contribution in [0.15, 0.2) is 54.6 Å². The van der Waals surface area contributed by atoms with E-state index in [4.69, 9.17) is 4.74 Å². The number of nitrogens with zero attached hydrogens (tertiary/aromatic N) is 2. The van der Waals surface area contributed by atoms with Crippen LogP contribution in [0.5, 0.6) is 11.5 Å². The lowest BCUT2D eigenvalue weighted by atomic mass is 10.1. The number of likely N-dealkylation sites (N-methyl/N-ethyl adjacent to an activating group) is 1. The molecule has 0 atom stereocenters. The predicted molar refractivity (Wildman–Crippen MR) is 110 cm³/mol. The monoisotopic (exact) mass is 396 g/mol. The molecular formula is C20H26Cl2N2O2. The van der Waals surface area contributed by atoms with E-state index in [9.17, 15) is 4.79 Å². The summed E-state index contributed by atoms with van der Waals surface area (Å²) < 4.78 is 5.75. The molecule has 0 unspecified atom stereocenters. The van der Waals surface area contributed by atoms with Crippen LogP contribution < -0.4 is 4.74 Å². The van der Waals surface area contributed by atoms with Crippen molar-refractivity contribution in [3.05, 3.63) is 60.2 Å². The molecule has 0 saturated carbocycles. The molecule has 6 heteroatoms. The quantitative estimate of drug-likeness (QED) is 0.686. The highest BCUT2D eigenvalue weighted by molar-refractivity contribution is 5.96. The first-order valence-corrected chi connectivity index (χ1v) is 8.48. The average molecular weight is 397 g/mol. The zero-order valence-electron chi connectivity index (χ0n) is 15.0. The zero-order chi connectivity index (χ0) is 16.8. The lowest BCUT2D eigenvalue weighted by molar-refractivity contribution is 0.0942. The third-order valence-corrected chi connectivity index (χ3v) is 4.41. The number of ketones is 1. The third-order valence-electron chi connectivity index (χ3n) is 4.41. The summed E-state index contributed by atoms with van der Waals surface area (Å²) in [5.74, 6) is 1.74. The van der Waals surface area contributed by atoms with Crippen LogP contribution >= 0.6 is 24.8 Å². The number of hydrogen-bond donors (Lipinski definition) is 0. The Balaban J connectivity index is 0.00000169. The Hall–Kier alpha value is -1.59. The van der Waals surface area contributed by atoms with E-state index in [0.29, 0.717) is 6.42 Å². The molecule has 142 valence electrons. The minimum Gasteiger partial charge on any atom is -0.457 e. The molecule has 1 heterocycles. The van der Waals surface area contributed by atoms with Gasteiger partial charge in [0.1, 0.15) is 11.5 Å². The molecule has 0 spiro atoms. The maximum Gasteiger partial charge on any atom is 0.164 e. The summed E-state index contributed by atoms with van der Waals surface area (Å²) in [5.41, 5.74) is 0.754. The predicted octanol–water partition coefficient (Wildman–Crippen LogP) is 4.14. The molecule has 3 rings (SSSR count). The van der Waals surface area contributed by atoms with Crippen LogP contribution in [-0.4, -0.2) is 55.4 Å². The number of carbonyl (C=O) groups excluding carboxylic acids is 1. The Morgan fingerprint density at radius 1 is 0.885 bits per heavy atom. The van der Waals surface area contributed by atoms with E-state index in [1.54, 1.807) is 0 Å². The molecule has 1 aliphatic heterocycles. The van der Waals surface area contributed by atoms with Gasteiger partial charge in [-0.1, -0.05) is 18.2 Å². The first-order chi connectivity index (χ1) is 11.7. The molecule has 2 aromatic carbocycles. The van der Waals surface area contributed by atoms with Gasteiger partial charge < -0.3 is 14.5 Å². The van der Waals surface area contributed by atoms with Crippen LogP contribution in [-0.2, 0) is 0 Å². The molecule has 0 amide bonds. The van der Waals surface area contributed by atoms with Crippen LogP contribution in [0.25, 0.3) is 0 Å². The van der Waals surface area contributed by atoms with Crippen LogP contribution in [0.3, 0.4) is 0 Å². The van der Waals surface area contributed by atoms with Gasteiger partial charge in [-0.15, -0.1) is 24.8 Å². The van der Waals surface area contributed by atoms with Crippen LogP contribution in [0.2, 0.25) is 0 Å². The summed E-state index contributed by atoms with van der Waals surface area (Å²) in [7, 11) is 2.14. The van der Waals surface area contributed by atoms with Gasteiger partial charge in [-0.25, -0.2) is 0 Å². The van der Waals surface area contributed by atoms with E-state index >= 15 is 0 Å². The fourth-order valence-corrected chi connectivity index (χ4v) is 2.81. The Morgan fingerprint density at radius 3 is 2.08 bits per heavy atom. The highest BCUT2D eigenvalue weighted by Gasteiger charge is 2.15. The number of hydrogen-bond acceptors (Lipinski definition) is 4. The summed E-state index contributed by atoms with van der Waals surface area (Å²) >= 11 is 0. The second-order valence-electron chi connectivity index (χ2n) is 6.26. The molecule has 26 heavy (non-hydrogen) atoms. The SMILES string of the molecule is CN1CCN(CCC(=O)c2ccc(Oc3ccccc3)cc2)CC1.Cl.Cl. The van der Waals surface area contributed by atoms with Gasteiger partial charge in [0.05, 0.1) is 0 Å². The number of para-hydroxylation sites is 1. The van der Waals surface area contributed by atoms with Crippen LogP contribution in [0.1, 0.15) is 16.8 Å². The standard InChI is InChI=1S/C20H24N2O2.2ClH/c1-21-13-15-22(16-14-21)12-11-20(23)17-7-9-19(10-8-17)24-18-5-3-2-4-6-18;;/h2-10H,11-16H2,1H3;2*1H. The number of piperazine rings is 1. The van der Waals surface area contributed by atoms with Gasteiger partial charge in [0, 0.05) is 44.7 Å². The van der Waals surface area contributed by atoms with Crippen molar-refractivity contribution in [1.29, 1.82) is 0 Å². The normalized spacial score (nSPS) is 14.8. The number of carbonyl (C=O) groups is 1. The van der Waals surface area contributed by atoms with Crippen molar-refractivity contribution in [2.24, 2.45) is 0 Å². The van der Waals surface area contributed by atoms with Crippen molar-refractivity contribution in [2.75, 3.05) is 39.8 Å². The van der Waals surface area contributed by atoms with E-state index in [2.05, 4.69) is 16.8 Å².